The number of para-hydroxylation sites is 2. The second-order valence-corrected chi connectivity index (χ2v) is 3.65. The van der Waals surface area contributed by atoms with Crippen LogP contribution in [0.25, 0.3) is 0 Å². The molecule has 3 N–H and O–H groups in total. The van der Waals surface area contributed by atoms with Crippen LogP contribution in [-0.2, 0) is 0 Å². The molecule has 1 saturated heterocycles. The molecule has 0 spiro atoms. The van der Waals surface area contributed by atoms with Crippen molar-refractivity contribution < 1.29 is 0 Å². The van der Waals surface area contributed by atoms with Gasteiger partial charge in [-0.3, -0.25) is 0 Å². The summed E-state index contributed by atoms with van der Waals surface area (Å²) >= 11 is 0. The summed E-state index contributed by atoms with van der Waals surface area (Å²) in [5.74, 6) is 0. The van der Waals surface area contributed by atoms with Crippen LogP contribution in [0.15, 0.2) is 24.3 Å². The van der Waals surface area contributed by atoms with Gasteiger partial charge in [-0.05, 0) is 25.1 Å². The van der Waals surface area contributed by atoms with Gasteiger partial charge in [0.1, 0.15) is 0 Å². The van der Waals surface area contributed by atoms with Gasteiger partial charge in [0.05, 0.1) is 11.4 Å². The number of hydrogen-bond acceptors (Lipinski definition) is 3. The Bertz CT molecular complexity index is 290. The van der Waals surface area contributed by atoms with Crippen molar-refractivity contribution in [2.75, 3.05) is 36.8 Å². The Morgan fingerprint density at radius 3 is 2.86 bits per heavy atom. The van der Waals surface area contributed by atoms with Gasteiger partial charge in [0.2, 0.25) is 0 Å². The maximum absolute atomic E-state index is 5.94. The molecule has 1 heterocycles. The lowest BCUT2D eigenvalue weighted by Crippen LogP contribution is -2.28. The summed E-state index contributed by atoms with van der Waals surface area (Å²) in [5, 5.41) is 3.38. The standard InChI is InChI=1S/C11H17N3/c12-10-4-1-2-5-11(10)14-8-3-6-13-7-9-14/h1-2,4-5,13H,3,6-9,12H2. The van der Waals surface area contributed by atoms with Gasteiger partial charge >= 0.3 is 0 Å². The first kappa shape index (κ1) is 9.34. The molecular weight excluding hydrogens is 174 g/mol. The van der Waals surface area contributed by atoms with E-state index < -0.39 is 0 Å². The molecule has 0 aromatic heterocycles. The van der Waals surface area contributed by atoms with Crippen LogP contribution in [0.3, 0.4) is 0 Å². The van der Waals surface area contributed by atoms with Crippen molar-refractivity contribution in [2.24, 2.45) is 0 Å². The zero-order valence-electron chi connectivity index (χ0n) is 8.37. The van der Waals surface area contributed by atoms with E-state index in [9.17, 15) is 0 Å². The van der Waals surface area contributed by atoms with Gasteiger partial charge in [0.25, 0.3) is 0 Å². The molecule has 1 fully saturated rings. The monoisotopic (exact) mass is 191 g/mol. The number of rotatable bonds is 1. The van der Waals surface area contributed by atoms with Crippen molar-refractivity contribution in [3.05, 3.63) is 24.3 Å². The predicted octanol–water partition coefficient (Wildman–Crippen LogP) is 1.07. The van der Waals surface area contributed by atoms with Crippen LogP contribution in [0.1, 0.15) is 6.42 Å². The van der Waals surface area contributed by atoms with Gasteiger partial charge < -0.3 is 16.0 Å². The molecule has 0 atom stereocenters. The second kappa shape index (κ2) is 4.33. The van der Waals surface area contributed by atoms with Crippen molar-refractivity contribution >= 4 is 11.4 Å². The van der Waals surface area contributed by atoms with Crippen LogP contribution in [-0.4, -0.2) is 26.2 Å². The van der Waals surface area contributed by atoms with E-state index in [-0.39, 0.29) is 0 Å². The van der Waals surface area contributed by atoms with E-state index in [4.69, 9.17) is 5.73 Å². The maximum Gasteiger partial charge on any atom is 0.0600 e. The third-order valence-corrected chi connectivity index (χ3v) is 2.62. The Kier molecular flexibility index (Phi) is 2.89. The number of nitrogens with two attached hydrogens (primary N) is 1. The highest BCUT2D eigenvalue weighted by Crippen LogP contribution is 2.22. The summed E-state index contributed by atoms with van der Waals surface area (Å²) in [6.07, 6.45) is 1.19. The first-order valence-corrected chi connectivity index (χ1v) is 5.18. The van der Waals surface area contributed by atoms with Crippen LogP contribution >= 0.6 is 0 Å². The highest BCUT2D eigenvalue weighted by Gasteiger charge is 2.10. The van der Waals surface area contributed by atoms with Crippen LogP contribution in [0.2, 0.25) is 0 Å². The lowest BCUT2D eigenvalue weighted by molar-refractivity contribution is 0.724. The van der Waals surface area contributed by atoms with Crippen LogP contribution in [0.5, 0.6) is 0 Å². The molecule has 1 aliphatic rings. The van der Waals surface area contributed by atoms with Gasteiger partial charge in [0.15, 0.2) is 0 Å². The number of nitrogens with one attached hydrogen (secondary N) is 1. The number of hydrogen-bond donors (Lipinski definition) is 2. The molecule has 1 aromatic rings. The summed E-state index contributed by atoms with van der Waals surface area (Å²) < 4.78 is 0. The first-order chi connectivity index (χ1) is 6.88. The summed E-state index contributed by atoms with van der Waals surface area (Å²) in [4.78, 5) is 2.36. The quantitative estimate of drug-likeness (QED) is 0.652. The highest BCUT2D eigenvalue weighted by atomic mass is 15.2. The fourth-order valence-electron chi connectivity index (χ4n) is 1.86. The van der Waals surface area contributed by atoms with Gasteiger partial charge in [0, 0.05) is 19.6 Å². The van der Waals surface area contributed by atoms with Crippen molar-refractivity contribution in [1.82, 2.24) is 5.32 Å². The van der Waals surface area contributed by atoms with Crippen LogP contribution in [0.4, 0.5) is 11.4 Å². The molecule has 0 aliphatic carbocycles. The lowest BCUT2D eigenvalue weighted by atomic mass is 10.2. The zero-order chi connectivity index (χ0) is 9.80. The van der Waals surface area contributed by atoms with Crippen molar-refractivity contribution in [3.8, 4) is 0 Å². The second-order valence-electron chi connectivity index (χ2n) is 3.65. The average Bonchev–Trinajstić information content (AvgIpc) is 2.47. The summed E-state index contributed by atoms with van der Waals surface area (Å²) in [6.45, 7) is 4.31. The van der Waals surface area contributed by atoms with Crippen molar-refractivity contribution in [1.29, 1.82) is 0 Å². The molecule has 0 unspecified atom stereocenters. The molecule has 1 aliphatic heterocycles. The third kappa shape index (κ3) is 1.99. The van der Waals surface area contributed by atoms with Crippen molar-refractivity contribution in [3.63, 3.8) is 0 Å². The molecular formula is C11H17N3. The van der Waals surface area contributed by atoms with Gasteiger partial charge in [-0.15, -0.1) is 0 Å². The molecule has 0 bridgehead atoms. The molecule has 3 nitrogen and oxygen atoms in total. The normalized spacial score (nSPS) is 17.9. The minimum absolute atomic E-state index is 0.884. The largest absolute Gasteiger partial charge is 0.397 e. The minimum Gasteiger partial charge on any atom is -0.397 e. The highest BCUT2D eigenvalue weighted by molar-refractivity contribution is 5.67. The number of nitrogen functional groups attached to an aromatic ring is 1. The summed E-state index contributed by atoms with van der Waals surface area (Å²) in [5.41, 5.74) is 8.00. The average molecular weight is 191 g/mol. The minimum atomic E-state index is 0.884. The van der Waals surface area contributed by atoms with E-state index in [1.54, 1.807) is 0 Å². The molecule has 14 heavy (non-hydrogen) atoms. The number of anilines is 2. The molecule has 76 valence electrons. The Morgan fingerprint density at radius 2 is 2.00 bits per heavy atom. The van der Waals surface area contributed by atoms with E-state index in [2.05, 4.69) is 16.3 Å². The topological polar surface area (TPSA) is 41.3 Å². The van der Waals surface area contributed by atoms with Crippen LogP contribution < -0.4 is 16.0 Å². The van der Waals surface area contributed by atoms with Gasteiger partial charge in [-0.2, -0.15) is 0 Å². The number of benzene rings is 1. The van der Waals surface area contributed by atoms with Crippen LogP contribution in [0, 0.1) is 0 Å². The Balaban J connectivity index is 2.16. The number of nitrogens with zero attached hydrogens (tertiary/aromatic N) is 1. The zero-order valence-corrected chi connectivity index (χ0v) is 8.37. The molecule has 1 aromatic carbocycles. The molecule has 2 rings (SSSR count). The lowest BCUT2D eigenvalue weighted by Gasteiger charge is -2.23. The summed E-state index contributed by atoms with van der Waals surface area (Å²) in [6, 6.07) is 8.09. The van der Waals surface area contributed by atoms with E-state index in [1.807, 2.05) is 18.2 Å². The molecule has 3 heteroatoms. The SMILES string of the molecule is Nc1ccccc1N1CCCNCC1. The maximum atomic E-state index is 5.94. The van der Waals surface area contributed by atoms with E-state index >= 15 is 0 Å². The Labute approximate surface area is 84.9 Å². The Morgan fingerprint density at radius 1 is 1.14 bits per heavy atom. The first-order valence-electron chi connectivity index (χ1n) is 5.18. The van der Waals surface area contributed by atoms with E-state index in [0.29, 0.717) is 0 Å². The fraction of sp³-hybridized carbons (Fsp3) is 0.455. The van der Waals surface area contributed by atoms with E-state index in [0.717, 1.165) is 31.9 Å². The fourth-order valence-corrected chi connectivity index (χ4v) is 1.86. The smallest absolute Gasteiger partial charge is 0.0600 e. The van der Waals surface area contributed by atoms with E-state index in [1.165, 1.54) is 12.1 Å². The molecule has 0 amide bonds. The molecule has 0 radical (unpaired) electrons. The predicted molar refractivity (Wildman–Crippen MR) is 60.6 cm³/mol. The molecule has 0 saturated carbocycles. The Hall–Kier alpha value is -1.22. The third-order valence-electron chi connectivity index (χ3n) is 2.62. The van der Waals surface area contributed by atoms with Gasteiger partial charge in [-0.1, -0.05) is 12.1 Å². The van der Waals surface area contributed by atoms with Gasteiger partial charge in [-0.25, -0.2) is 0 Å². The van der Waals surface area contributed by atoms with Crippen molar-refractivity contribution in [2.45, 2.75) is 6.42 Å². The summed E-state index contributed by atoms with van der Waals surface area (Å²) in [7, 11) is 0.